The number of hydrogen-bond donors (Lipinski definition) is 9. The molecule has 20 atom stereocenters. The van der Waals surface area contributed by atoms with Gasteiger partial charge in [0.2, 0.25) is 0 Å². The first-order valence-electron chi connectivity index (χ1n) is 24.4. The number of nitrogen functional groups attached to an aromatic ring is 3. The number of phosphoric acid groups is 2. The summed E-state index contributed by atoms with van der Waals surface area (Å²) in [6, 6.07) is 4.54. The lowest BCUT2D eigenvalue weighted by Gasteiger charge is -2.29. The van der Waals surface area contributed by atoms with E-state index in [-0.39, 0.29) is 17.5 Å². The molecule has 4 aromatic heterocycles. The second-order valence-electron chi connectivity index (χ2n) is 18.4. The number of aliphatic hydroxyl groups excluding tert-OH is 1. The second kappa shape index (κ2) is 27.1. The quantitative estimate of drug-likeness (QED) is 0.0236. The summed E-state index contributed by atoms with van der Waals surface area (Å²) in [7, 11) is -6.20. The van der Waals surface area contributed by atoms with E-state index in [2.05, 4.69) is 36.7 Å². The molecule has 11 N–H and O–H groups in total. The molecule has 8 unspecified atom stereocenters. The minimum Gasteiger partial charge on any atom is -0.387 e. The van der Waals surface area contributed by atoms with E-state index in [0.717, 1.165) is 65.8 Å². The fraction of sp³-hybridized carbons (Fsp3) is 0.600. The first kappa shape index (κ1) is 66.5. The number of nitrogens with zero attached hydrogens (tertiary/aromatic N) is 7. The fourth-order valence-corrected chi connectivity index (χ4v) is 13.5. The van der Waals surface area contributed by atoms with Gasteiger partial charge in [-0.05, 0) is 30.0 Å². The number of nitrogens with one attached hydrogen (secondary N) is 1. The number of aliphatic hydroxyl groups is 1. The molecule has 4 saturated heterocycles. The lowest BCUT2D eigenvalue weighted by molar-refractivity contribution is -0.0659. The van der Waals surface area contributed by atoms with Gasteiger partial charge in [0.1, 0.15) is 84.6 Å². The lowest BCUT2D eigenvalue weighted by atomic mass is 10.1. The number of H-pyrrole nitrogens is 1. The summed E-state index contributed by atoms with van der Waals surface area (Å²) in [5.41, 5.74) is 12.2. The monoisotopic (exact) mass is 1330 g/mol. The van der Waals surface area contributed by atoms with Crippen LogP contribution in [-0.2, 0) is 94.9 Å². The third-order valence-corrected chi connectivity index (χ3v) is 18.2. The number of methoxy groups -OCH3 is 3. The summed E-state index contributed by atoms with van der Waals surface area (Å²) < 4.78 is 143. The molecule has 0 aliphatic carbocycles. The summed E-state index contributed by atoms with van der Waals surface area (Å²) in [6.07, 6.45) is -22.7. The van der Waals surface area contributed by atoms with E-state index in [1.165, 1.54) is 25.4 Å². The highest BCUT2D eigenvalue weighted by Crippen LogP contribution is 2.58. The Morgan fingerprint density at radius 1 is 0.576 bits per heavy atom. The van der Waals surface area contributed by atoms with E-state index in [9.17, 15) is 57.5 Å². The maximum Gasteiger partial charge on any atom is 0.472 e. The molecule has 8 rings (SSSR count). The Morgan fingerprint density at radius 2 is 0.988 bits per heavy atom. The largest absolute Gasteiger partial charge is 0.472 e. The zero-order valence-corrected chi connectivity index (χ0v) is 49.5. The molecular formula is C40H56FN11O27P4S2. The number of thiol groups is 1. The number of nitrogens with two attached hydrogens (primary N) is 3. The van der Waals surface area contributed by atoms with Crippen molar-refractivity contribution >= 4 is 70.7 Å². The SMILES string of the molecule is CO[C@H]1C(O)[C@@H](COP(=O)(S)OC2[C@@H](COP(O)(=S)OC3[C@@H](COP(=O)(O)OC4[C@@H](COP(=O)(O)OC)O[C@@H](n5ccc(N)nc5=O)[C@H]4F)O[C@@H](n4ccc(N)nc4=O)[C@H]3OC)O[C@@H](n3ccc(N)nc3=O)[C@H]2OC)O[C@H]1n1ccc(=O)[nH]c1=O. The molecule has 4 aliphatic rings. The van der Waals surface area contributed by atoms with Crippen LogP contribution in [0.1, 0.15) is 24.9 Å². The predicted octanol–water partition coefficient (Wildman–Crippen LogP) is -2.29. The van der Waals surface area contributed by atoms with Crippen LogP contribution >= 0.6 is 41.4 Å². The van der Waals surface area contributed by atoms with Gasteiger partial charge < -0.3 is 74.7 Å². The molecule has 4 aliphatic heterocycles. The number of aromatic amines is 1. The van der Waals surface area contributed by atoms with E-state index in [1.807, 2.05) is 0 Å². The number of halogens is 1. The molecule has 0 saturated carbocycles. The third kappa shape index (κ3) is 15.5. The van der Waals surface area contributed by atoms with E-state index >= 15 is 4.39 Å². The lowest BCUT2D eigenvalue weighted by Crippen LogP contribution is -2.40. The van der Waals surface area contributed by atoms with Gasteiger partial charge in [0.25, 0.3) is 5.56 Å². The molecular weight excluding hydrogens is 1270 g/mol. The molecule has 45 heteroatoms. The summed E-state index contributed by atoms with van der Waals surface area (Å²) in [6.45, 7) is -13.4. The standard InChI is InChI=1S/C40H56FN11O27P4S2/c1-65-30-26(54)17(73-34(30)52-12-8-24(53)48-40(52)58)13-71-82(63,84)79-29-20(76-36(32(29)67-3)51-11-7-23(44)47-39(51)57)16-72-83(64,85)78-28-19(75-35(31(28)66-2)50-10-6-22(43)46-38(50)56)15-70-81(61,62)77-27-18(14-69-80(59,60)68-4)74-33(25(27)41)49-9-5-21(42)45-37(49)55/h5-12,17-20,25-36,54H,13-16H2,1-4H3,(H,59,60)(H,61,62)(H,63,84)(H,64,85)(H2,42,45,55)(H2,43,46,56)(H2,44,47,57)(H,48,53,58)/t17-,18-,19-,20-,25+,26?,27?,28?,29?,30+,31+,32+,33-,34-,35-,36-,82?,83?/m1/s1. The normalized spacial score (nSPS) is 32.4. The maximum absolute atomic E-state index is 16.3. The molecule has 0 aromatic carbocycles. The van der Waals surface area contributed by atoms with E-state index in [4.69, 9.17) is 93.8 Å². The van der Waals surface area contributed by atoms with Crippen LogP contribution in [0.25, 0.3) is 0 Å². The van der Waals surface area contributed by atoms with Crippen LogP contribution in [0.5, 0.6) is 0 Å². The van der Waals surface area contributed by atoms with Crippen LogP contribution in [0.3, 0.4) is 0 Å². The Hall–Kier alpha value is -4.42. The van der Waals surface area contributed by atoms with Crippen molar-refractivity contribution in [2.45, 2.75) is 98.2 Å². The van der Waals surface area contributed by atoms with E-state index in [1.54, 1.807) is 0 Å². The average molecular weight is 1330 g/mol. The van der Waals surface area contributed by atoms with Gasteiger partial charge >= 0.3 is 51.9 Å². The van der Waals surface area contributed by atoms with Gasteiger partial charge in [0.15, 0.2) is 31.1 Å². The maximum atomic E-state index is 16.3. The van der Waals surface area contributed by atoms with Gasteiger partial charge in [-0.15, -0.1) is 0 Å². The van der Waals surface area contributed by atoms with Crippen molar-refractivity contribution in [3.05, 3.63) is 101 Å². The predicted molar refractivity (Wildman–Crippen MR) is 287 cm³/mol. The van der Waals surface area contributed by atoms with Crippen molar-refractivity contribution < 1.29 is 107 Å². The Balaban J connectivity index is 1.02. The second-order valence-corrected chi connectivity index (χ2v) is 27.0. The number of ether oxygens (including phenoxy) is 7. The van der Waals surface area contributed by atoms with Crippen LogP contribution in [0.4, 0.5) is 21.8 Å². The molecule has 0 spiro atoms. The highest BCUT2D eigenvalue weighted by atomic mass is 32.7. The molecule has 38 nitrogen and oxygen atoms in total. The van der Waals surface area contributed by atoms with Gasteiger partial charge in [0.05, 0.1) is 26.4 Å². The number of hydrogen-bond acceptors (Lipinski definition) is 31. The molecule has 0 bridgehead atoms. The van der Waals surface area contributed by atoms with Gasteiger partial charge in [-0.1, -0.05) is 12.2 Å². The van der Waals surface area contributed by atoms with Crippen LogP contribution in [-0.4, -0.2) is 186 Å². The van der Waals surface area contributed by atoms with Crippen LogP contribution in [0.15, 0.2) is 73.0 Å². The first-order valence-corrected chi connectivity index (χ1v) is 32.6. The van der Waals surface area contributed by atoms with Crippen molar-refractivity contribution in [1.82, 2.24) is 38.2 Å². The molecule has 0 radical (unpaired) electrons. The smallest absolute Gasteiger partial charge is 0.387 e. The Bertz CT molecular complexity index is 3560. The molecule has 8 heterocycles. The van der Waals surface area contributed by atoms with Gasteiger partial charge in [-0.2, -0.15) is 15.0 Å². The molecule has 472 valence electrons. The Kier molecular flexibility index (Phi) is 21.2. The minimum atomic E-state index is -5.64. The Labute approximate surface area is 486 Å². The zero-order valence-electron chi connectivity index (χ0n) is 44.2. The number of phosphoric ester groups is 2. The number of alkyl halides is 1. The summed E-state index contributed by atoms with van der Waals surface area (Å²) >= 11 is 9.57. The molecule has 85 heavy (non-hydrogen) atoms. The highest BCUT2D eigenvalue weighted by molar-refractivity contribution is 8.44. The molecule has 0 amide bonds. The van der Waals surface area contributed by atoms with Gasteiger partial charge in [-0.25, -0.2) is 37.3 Å². The van der Waals surface area contributed by atoms with E-state index in [0.29, 0.717) is 4.57 Å². The van der Waals surface area contributed by atoms with Crippen LogP contribution in [0.2, 0.25) is 0 Å². The van der Waals surface area contributed by atoms with E-state index < -0.39 is 182 Å². The minimum absolute atomic E-state index is 0.188. The van der Waals surface area contributed by atoms with Crippen molar-refractivity contribution in [2.24, 2.45) is 0 Å². The topological polar surface area (TPSA) is 508 Å². The van der Waals surface area contributed by atoms with Crippen molar-refractivity contribution in [1.29, 1.82) is 0 Å². The number of anilines is 3. The zero-order chi connectivity index (χ0) is 62.1. The average Bonchev–Trinajstić information content (AvgIpc) is 4.34. The summed E-state index contributed by atoms with van der Waals surface area (Å²) in [5.74, 6) is -0.673. The number of rotatable bonds is 26. The van der Waals surface area contributed by atoms with Crippen molar-refractivity contribution in [3.8, 4) is 0 Å². The highest BCUT2D eigenvalue weighted by Gasteiger charge is 2.55. The number of aromatic nitrogens is 8. The van der Waals surface area contributed by atoms with Crippen LogP contribution < -0.4 is 45.5 Å². The summed E-state index contributed by atoms with van der Waals surface area (Å²) in [5, 5.41) is 11.1. The van der Waals surface area contributed by atoms with Gasteiger partial charge in [-0.3, -0.25) is 59.7 Å². The molecule has 4 aromatic rings. The van der Waals surface area contributed by atoms with Crippen molar-refractivity contribution in [3.63, 3.8) is 0 Å². The van der Waals surface area contributed by atoms with Crippen molar-refractivity contribution in [2.75, 3.05) is 72.1 Å². The molecule has 4 fully saturated rings. The Morgan fingerprint density at radius 3 is 1.47 bits per heavy atom. The summed E-state index contributed by atoms with van der Waals surface area (Å²) in [4.78, 5) is 109. The first-order chi connectivity index (χ1) is 40.0. The fourth-order valence-electron chi connectivity index (χ4n) is 9.16. The third-order valence-electron chi connectivity index (χ3n) is 13.1. The van der Waals surface area contributed by atoms with Crippen LogP contribution in [0, 0.1) is 0 Å². The van der Waals surface area contributed by atoms with Gasteiger partial charge in [0, 0.05) is 59.3 Å².